The van der Waals surface area contributed by atoms with Crippen LogP contribution in [0, 0.1) is 18.8 Å². The molecule has 2 N–H and O–H groups in total. The molecular formula is C16H23NO2. The molecule has 0 amide bonds. The maximum Gasteiger partial charge on any atom is 0.338 e. The van der Waals surface area contributed by atoms with Crippen molar-refractivity contribution in [2.75, 3.05) is 5.73 Å². The molecule has 2 unspecified atom stereocenters. The minimum absolute atomic E-state index is 0.0482. The van der Waals surface area contributed by atoms with Crippen molar-refractivity contribution in [1.29, 1.82) is 0 Å². The second-order valence-electron chi connectivity index (χ2n) is 5.96. The van der Waals surface area contributed by atoms with Crippen molar-refractivity contribution in [3.63, 3.8) is 0 Å². The normalized spacial score (nSPS) is 27.0. The van der Waals surface area contributed by atoms with Crippen LogP contribution in [0.15, 0.2) is 18.2 Å². The van der Waals surface area contributed by atoms with E-state index in [1.807, 2.05) is 6.92 Å². The Morgan fingerprint density at radius 3 is 2.47 bits per heavy atom. The summed E-state index contributed by atoms with van der Waals surface area (Å²) in [5, 5.41) is 0. The Labute approximate surface area is 115 Å². The van der Waals surface area contributed by atoms with Crippen LogP contribution in [-0.4, -0.2) is 12.1 Å². The van der Waals surface area contributed by atoms with Crippen LogP contribution >= 0.6 is 0 Å². The number of esters is 1. The molecule has 3 heteroatoms. The van der Waals surface area contributed by atoms with Crippen molar-refractivity contribution >= 4 is 11.7 Å². The second-order valence-corrected chi connectivity index (χ2v) is 5.96. The molecular weight excluding hydrogens is 238 g/mol. The highest BCUT2D eigenvalue weighted by atomic mass is 16.5. The maximum absolute atomic E-state index is 12.2. The van der Waals surface area contributed by atoms with Crippen molar-refractivity contribution in [2.24, 2.45) is 11.8 Å². The molecule has 0 radical (unpaired) electrons. The van der Waals surface area contributed by atoms with E-state index >= 15 is 0 Å². The zero-order valence-corrected chi connectivity index (χ0v) is 12.0. The summed E-state index contributed by atoms with van der Waals surface area (Å²) < 4.78 is 5.66. The van der Waals surface area contributed by atoms with Gasteiger partial charge in [-0.3, -0.25) is 0 Å². The number of hydrogen-bond acceptors (Lipinski definition) is 3. The van der Waals surface area contributed by atoms with Crippen LogP contribution in [0.25, 0.3) is 0 Å². The Balaban J connectivity index is 2.06. The smallest absolute Gasteiger partial charge is 0.338 e. The monoisotopic (exact) mass is 261 g/mol. The van der Waals surface area contributed by atoms with E-state index < -0.39 is 0 Å². The third-order valence-corrected chi connectivity index (χ3v) is 4.00. The van der Waals surface area contributed by atoms with E-state index in [0.29, 0.717) is 23.1 Å². The SMILES string of the molecule is Cc1c(N)cccc1C(=O)OC1CC(C)CC(C)C1. The van der Waals surface area contributed by atoms with E-state index in [4.69, 9.17) is 10.5 Å². The lowest BCUT2D eigenvalue weighted by atomic mass is 9.82. The van der Waals surface area contributed by atoms with E-state index in [-0.39, 0.29) is 12.1 Å². The van der Waals surface area contributed by atoms with Gasteiger partial charge in [-0.05, 0) is 55.7 Å². The van der Waals surface area contributed by atoms with Crippen LogP contribution in [0.1, 0.15) is 49.0 Å². The van der Waals surface area contributed by atoms with Crippen LogP contribution in [-0.2, 0) is 4.74 Å². The van der Waals surface area contributed by atoms with Gasteiger partial charge < -0.3 is 10.5 Å². The minimum atomic E-state index is -0.240. The number of nitrogens with two attached hydrogens (primary N) is 1. The van der Waals surface area contributed by atoms with Crippen molar-refractivity contribution in [3.05, 3.63) is 29.3 Å². The zero-order chi connectivity index (χ0) is 14.0. The third kappa shape index (κ3) is 3.28. The molecule has 3 nitrogen and oxygen atoms in total. The van der Waals surface area contributed by atoms with Gasteiger partial charge in [-0.2, -0.15) is 0 Å². The third-order valence-electron chi connectivity index (χ3n) is 4.00. The van der Waals surface area contributed by atoms with E-state index in [1.54, 1.807) is 18.2 Å². The topological polar surface area (TPSA) is 52.3 Å². The number of benzene rings is 1. The molecule has 1 saturated carbocycles. The van der Waals surface area contributed by atoms with E-state index in [2.05, 4.69) is 13.8 Å². The van der Waals surface area contributed by atoms with Gasteiger partial charge in [0.1, 0.15) is 6.10 Å². The molecule has 2 atom stereocenters. The lowest BCUT2D eigenvalue weighted by Crippen LogP contribution is -2.28. The van der Waals surface area contributed by atoms with E-state index in [0.717, 1.165) is 18.4 Å². The van der Waals surface area contributed by atoms with Gasteiger partial charge >= 0.3 is 5.97 Å². The average molecular weight is 261 g/mol. The van der Waals surface area contributed by atoms with Gasteiger partial charge in [-0.1, -0.05) is 19.9 Å². The molecule has 1 aromatic carbocycles. The molecule has 0 spiro atoms. The number of carbonyl (C=O) groups excluding carboxylic acids is 1. The molecule has 1 aromatic rings. The molecule has 1 aliphatic carbocycles. The summed E-state index contributed by atoms with van der Waals surface area (Å²) in [6.45, 7) is 6.31. The maximum atomic E-state index is 12.2. The molecule has 0 aromatic heterocycles. The van der Waals surface area contributed by atoms with Gasteiger partial charge in [-0.15, -0.1) is 0 Å². The van der Waals surface area contributed by atoms with Crippen molar-refractivity contribution in [3.8, 4) is 0 Å². The van der Waals surface area contributed by atoms with Crippen molar-refractivity contribution < 1.29 is 9.53 Å². The Kier molecular flexibility index (Phi) is 4.13. The van der Waals surface area contributed by atoms with Crippen LogP contribution in [0.4, 0.5) is 5.69 Å². The summed E-state index contributed by atoms with van der Waals surface area (Å²) in [7, 11) is 0. The first-order valence-electron chi connectivity index (χ1n) is 7.03. The fourth-order valence-electron chi connectivity index (χ4n) is 3.06. The number of nitrogen functional groups attached to an aromatic ring is 1. The molecule has 1 aliphatic rings. The molecule has 0 aliphatic heterocycles. The van der Waals surface area contributed by atoms with Gasteiger partial charge in [0.05, 0.1) is 5.56 Å². The summed E-state index contributed by atoms with van der Waals surface area (Å²) in [4.78, 5) is 12.2. The largest absolute Gasteiger partial charge is 0.459 e. The highest BCUT2D eigenvalue weighted by molar-refractivity contribution is 5.92. The fraction of sp³-hybridized carbons (Fsp3) is 0.562. The Morgan fingerprint density at radius 2 is 1.84 bits per heavy atom. The van der Waals surface area contributed by atoms with Crippen LogP contribution in [0.3, 0.4) is 0 Å². The number of anilines is 1. The van der Waals surface area contributed by atoms with Gasteiger partial charge in [0.25, 0.3) is 0 Å². The Morgan fingerprint density at radius 1 is 1.21 bits per heavy atom. The van der Waals surface area contributed by atoms with Crippen LogP contribution in [0.5, 0.6) is 0 Å². The number of ether oxygens (including phenoxy) is 1. The second kappa shape index (κ2) is 5.64. The molecule has 0 saturated heterocycles. The Hall–Kier alpha value is -1.51. The van der Waals surface area contributed by atoms with Crippen LogP contribution in [0.2, 0.25) is 0 Å². The molecule has 0 heterocycles. The first-order valence-corrected chi connectivity index (χ1v) is 7.03. The van der Waals surface area contributed by atoms with Gasteiger partial charge in [-0.25, -0.2) is 4.79 Å². The summed E-state index contributed by atoms with van der Waals surface area (Å²) in [6.07, 6.45) is 3.22. The fourth-order valence-corrected chi connectivity index (χ4v) is 3.06. The van der Waals surface area contributed by atoms with E-state index in [9.17, 15) is 4.79 Å². The summed E-state index contributed by atoms with van der Waals surface area (Å²) in [6, 6.07) is 5.38. The van der Waals surface area contributed by atoms with Crippen LogP contribution < -0.4 is 5.73 Å². The molecule has 1 fully saturated rings. The van der Waals surface area contributed by atoms with Gasteiger partial charge in [0, 0.05) is 5.69 Å². The molecule has 0 bridgehead atoms. The predicted octanol–water partition coefficient (Wildman–Crippen LogP) is 3.56. The lowest BCUT2D eigenvalue weighted by molar-refractivity contribution is 0.00799. The summed E-state index contributed by atoms with van der Waals surface area (Å²) in [5.41, 5.74) is 7.87. The number of carbonyl (C=O) groups is 1. The number of rotatable bonds is 2. The predicted molar refractivity (Wildman–Crippen MR) is 77.0 cm³/mol. The highest BCUT2D eigenvalue weighted by Crippen LogP contribution is 2.31. The molecule has 2 rings (SSSR count). The Bertz CT molecular complexity index is 460. The van der Waals surface area contributed by atoms with Gasteiger partial charge in [0.15, 0.2) is 0 Å². The number of hydrogen-bond donors (Lipinski definition) is 1. The lowest BCUT2D eigenvalue weighted by Gasteiger charge is -2.31. The standard InChI is InChI=1S/C16H23NO2/c1-10-7-11(2)9-13(8-10)19-16(18)14-5-4-6-15(17)12(14)3/h4-6,10-11,13H,7-9,17H2,1-3H3. The average Bonchev–Trinajstić information content (AvgIpc) is 2.31. The first kappa shape index (κ1) is 13.9. The highest BCUT2D eigenvalue weighted by Gasteiger charge is 2.27. The summed E-state index contributed by atoms with van der Waals surface area (Å²) >= 11 is 0. The quantitative estimate of drug-likeness (QED) is 0.654. The molecule has 19 heavy (non-hydrogen) atoms. The molecule has 104 valence electrons. The minimum Gasteiger partial charge on any atom is -0.459 e. The van der Waals surface area contributed by atoms with Crippen molar-refractivity contribution in [1.82, 2.24) is 0 Å². The van der Waals surface area contributed by atoms with Crippen molar-refractivity contribution in [2.45, 2.75) is 46.1 Å². The summed E-state index contributed by atoms with van der Waals surface area (Å²) in [5.74, 6) is 1.02. The van der Waals surface area contributed by atoms with E-state index in [1.165, 1.54) is 6.42 Å². The zero-order valence-electron chi connectivity index (χ0n) is 12.0. The first-order chi connectivity index (χ1) is 8.97. The van der Waals surface area contributed by atoms with Gasteiger partial charge in [0.2, 0.25) is 0 Å².